The first-order chi connectivity index (χ1) is 9.19. The normalized spacial score (nSPS) is 11.0. The number of carbonyl (C=O) groups is 1. The predicted molar refractivity (Wildman–Crippen MR) is 68.4 cm³/mol. The van der Waals surface area contributed by atoms with Crippen LogP contribution in [0.25, 0.3) is 11.1 Å². The standard InChI is InChI=1S/C14H11NO4/c1-2-11-9(5-6-18-11)13(16)8-3-4-10-12(7-8)19-14(17)15-10/h3-7H,2H2,1H3,(H,15,17). The summed E-state index contributed by atoms with van der Waals surface area (Å²) in [5.41, 5.74) is 1.95. The van der Waals surface area contributed by atoms with E-state index in [4.69, 9.17) is 8.83 Å². The van der Waals surface area contributed by atoms with Gasteiger partial charge < -0.3 is 8.83 Å². The number of aromatic amines is 1. The van der Waals surface area contributed by atoms with E-state index in [1.807, 2.05) is 6.92 Å². The minimum absolute atomic E-state index is 0.142. The Kier molecular flexibility index (Phi) is 2.59. The number of nitrogens with one attached hydrogen (secondary N) is 1. The van der Waals surface area contributed by atoms with Crippen LogP contribution in [-0.4, -0.2) is 10.8 Å². The first-order valence-electron chi connectivity index (χ1n) is 5.93. The molecule has 2 aromatic heterocycles. The van der Waals surface area contributed by atoms with Gasteiger partial charge in [-0.3, -0.25) is 9.78 Å². The smallest absolute Gasteiger partial charge is 0.417 e. The molecule has 2 heterocycles. The van der Waals surface area contributed by atoms with E-state index in [0.29, 0.717) is 34.4 Å². The molecule has 96 valence electrons. The van der Waals surface area contributed by atoms with Gasteiger partial charge in [0, 0.05) is 12.0 Å². The number of aromatic nitrogens is 1. The SMILES string of the molecule is CCc1occc1C(=O)c1ccc2[nH]c(=O)oc2c1. The minimum Gasteiger partial charge on any atom is -0.469 e. The molecule has 5 nitrogen and oxygen atoms in total. The number of rotatable bonds is 3. The zero-order valence-corrected chi connectivity index (χ0v) is 10.2. The third kappa shape index (κ3) is 1.89. The average Bonchev–Trinajstić information content (AvgIpc) is 3.01. The summed E-state index contributed by atoms with van der Waals surface area (Å²) < 4.78 is 10.2. The fourth-order valence-electron chi connectivity index (χ4n) is 2.06. The minimum atomic E-state index is -0.530. The molecule has 0 saturated heterocycles. The molecule has 5 heteroatoms. The van der Waals surface area contributed by atoms with Crippen LogP contribution in [0.4, 0.5) is 0 Å². The van der Waals surface area contributed by atoms with Crippen LogP contribution in [0.15, 0.2) is 44.2 Å². The molecule has 0 aliphatic carbocycles. The number of benzene rings is 1. The molecule has 0 atom stereocenters. The highest BCUT2D eigenvalue weighted by molar-refractivity contribution is 6.10. The molecule has 1 N–H and O–H groups in total. The number of aryl methyl sites for hydroxylation is 1. The van der Waals surface area contributed by atoms with Crippen molar-refractivity contribution in [1.29, 1.82) is 0 Å². The van der Waals surface area contributed by atoms with Gasteiger partial charge in [0.25, 0.3) is 0 Å². The summed E-state index contributed by atoms with van der Waals surface area (Å²) in [5, 5.41) is 0. The number of carbonyl (C=O) groups excluding carboxylic acids is 1. The van der Waals surface area contributed by atoms with E-state index in [1.54, 1.807) is 24.3 Å². The first kappa shape index (κ1) is 11.5. The van der Waals surface area contributed by atoms with Crippen LogP contribution in [0.3, 0.4) is 0 Å². The van der Waals surface area contributed by atoms with E-state index in [1.165, 1.54) is 6.26 Å². The summed E-state index contributed by atoms with van der Waals surface area (Å²) >= 11 is 0. The van der Waals surface area contributed by atoms with Crippen molar-refractivity contribution >= 4 is 16.9 Å². The largest absolute Gasteiger partial charge is 0.469 e. The van der Waals surface area contributed by atoms with Crippen LogP contribution in [0.1, 0.15) is 28.6 Å². The summed E-state index contributed by atoms with van der Waals surface area (Å²) in [6.07, 6.45) is 2.15. The molecular weight excluding hydrogens is 246 g/mol. The van der Waals surface area contributed by atoms with Gasteiger partial charge in [-0.05, 0) is 24.3 Å². The number of ketones is 1. The predicted octanol–water partition coefficient (Wildman–Crippen LogP) is 2.51. The van der Waals surface area contributed by atoms with Crippen LogP contribution in [0, 0.1) is 0 Å². The molecule has 0 saturated carbocycles. The van der Waals surface area contributed by atoms with Gasteiger partial charge >= 0.3 is 5.76 Å². The highest BCUT2D eigenvalue weighted by atomic mass is 16.4. The van der Waals surface area contributed by atoms with E-state index in [0.717, 1.165) is 0 Å². The van der Waals surface area contributed by atoms with E-state index in [-0.39, 0.29) is 5.78 Å². The zero-order valence-electron chi connectivity index (χ0n) is 10.2. The van der Waals surface area contributed by atoms with Crippen molar-refractivity contribution in [3.63, 3.8) is 0 Å². The number of oxazole rings is 1. The van der Waals surface area contributed by atoms with Gasteiger partial charge in [-0.1, -0.05) is 6.92 Å². The molecule has 0 bridgehead atoms. The van der Waals surface area contributed by atoms with Crippen molar-refractivity contribution in [3.8, 4) is 0 Å². The fourth-order valence-corrected chi connectivity index (χ4v) is 2.06. The van der Waals surface area contributed by atoms with Crippen molar-refractivity contribution in [1.82, 2.24) is 4.98 Å². The van der Waals surface area contributed by atoms with Crippen LogP contribution < -0.4 is 5.76 Å². The van der Waals surface area contributed by atoms with Crippen molar-refractivity contribution < 1.29 is 13.6 Å². The second-order valence-corrected chi connectivity index (χ2v) is 4.17. The molecule has 0 spiro atoms. The molecule has 0 aliphatic rings. The topological polar surface area (TPSA) is 76.2 Å². The average molecular weight is 257 g/mol. The first-order valence-corrected chi connectivity index (χ1v) is 5.93. The maximum absolute atomic E-state index is 12.3. The highest BCUT2D eigenvalue weighted by Gasteiger charge is 2.16. The van der Waals surface area contributed by atoms with Gasteiger partial charge in [-0.15, -0.1) is 0 Å². The molecule has 3 rings (SSSR count). The molecule has 0 amide bonds. The van der Waals surface area contributed by atoms with Crippen LogP contribution in [0.2, 0.25) is 0 Å². The Labute approximate surface area is 107 Å². The van der Waals surface area contributed by atoms with Crippen LogP contribution >= 0.6 is 0 Å². The van der Waals surface area contributed by atoms with Gasteiger partial charge in [-0.2, -0.15) is 0 Å². The van der Waals surface area contributed by atoms with Gasteiger partial charge in [-0.25, -0.2) is 4.79 Å². The van der Waals surface area contributed by atoms with E-state index in [9.17, 15) is 9.59 Å². The summed E-state index contributed by atoms with van der Waals surface area (Å²) in [6.45, 7) is 1.92. The number of fused-ring (bicyclic) bond motifs is 1. The molecule has 0 radical (unpaired) electrons. The molecule has 0 aliphatic heterocycles. The van der Waals surface area contributed by atoms with Gasteiger partial charge in [0.2, 0.25) is 0 Å². The van der Waals surface area contributed by atoms with E-state index in [2.05, 4.69) is 4.98 Å². The Morgan fingerprint density at radius 1 is 1.32 bits per heavy atom. The molecule has 1 aromatic carbocycles. The molecule has 0 unspecified atom stereocenters. The second-order valence-electron chi connectivity index (χ2n) is 4.17. The van der Waals surface area contributed by atoms with Crippen molar-refractivity contribution in [2.24, 2.45) is 0 Å². The monoisotopic (exact) mass is 257 g/mol. The third-order valence-corrected chi connectivity index (χ3v) is 2.99. The quantitative estimate of drug-likeness (QED) is 0.731. The molecule has 3 aromatic rings. The fraction of sp³-hybridized carbons (Fsp3) is 0.143. The number of furan rings is 1. The molecule has 19 heavy (non-hydrogen) atoms. The van der Waals surface area contributed by atoms with Gasteiger partial charge in [0.05, 0.1) is 17.3 Å². The van der Waals surface area contributed by atoms with Gasteiger partial charge in [0.1, 0.15) is 5.76 Å². The molecular formula is C14H11NO4. The summed E-state index contributed by atoms with van der Waals surface area (Å²) in [7, 11) is 0. The maximum atomic E-state index is 12.3. The summed E-state index contributed by atoms with van der Waals surface area (Å²) in [6, 6.07) is 6.52. The van der Waals surface area contributed by atoms with Crippen LogP contribution in [0.5, 0.6) is 0 Å². The Bertz CT molecular complexity index is 806. The number of hydrogen-bond acceptors (Lipinski definition) is 4. The van der Waals surface area contributed by atoms with Crippen LogP contribution in [-0.2, 0) is 6.42 Å². The zero-order chi connectivity index (χ0) is 13.4. The summed E-state index contributed by atoms with van der Waals surface area (Å²) in [5.74, 6) is -0.0193. The lowest BCUT2D eigenvalue weighted by atomic mass is 10.0. The Balaban J connectivity index is 2.08. The third-order valence-electron chi connectivity index (χ3n) is 2.99. The molecule has 0 fully saturated rings. The van der Waals surface area contributed by atoms with Crippen molar-refractivity contribution in [3.05, 3.63) is 58.0 Å². The summed E-state index contributed by atoms with van der Waals surface area (Å²) in [4.78, 5) is 26.0. The maximum Gasteiger partial charge on any atom is 0.417 e. The van der Waals surface area contributed by atoms with E-state index < -0.39 is 5.76 Å². The Hall–Kier alpha value is -2.56. The van der Waals surface area contributed by atoms with Crippen molar-refractivity contribution in [2.45, 2.75) is 13.3 Å². The van der Waals surface area contributed by atoms with E-state index >= 15 is 0 Å². The second kappa shape index (κ2) is 4.28. The Morgan fingerprint density at radius 3 is 2.95 bits per heavy atom. The van der Waals surface area contributed by atoms with Gasteiger partial charge in [0.15, 0.2) is 11.4 Å². The Morgan fingerprint density at radius 2 is 2.16 bits per heavy atom. The lowest BCUT2D eigenvalue weighted by Gasteiger charge is -2.00. The number of H-pyrrole nitrogens is 1. The lowest BCUT2D eigenvalue weighted by molar-refractivity contribution is 0.103. The van der Waals surface area contributed by atoms with Crippen molar-refractivity contribution in [2.75, 3.05) is 0 Å². The lowest BCUT2D eigenvalue weighted by Crippen LogP contribution is -2.02. The highest BCUT2D eigenvalue weighted by Crippen LogP contribution is 2.19. The number of hydrogen-bond donors (Lipinski definition) is 1.